The van der Waals surface area contributed by atoms with E-state index in [-0.39, 0.29) is 0 Å². The van der Waals surface area contributed by atoms with Gasteiger partial charge in [-0.2, -0.15) is 0 Å². The third-order valence-corrected chi connectivity index (χ3v) is 4.05. The Balaban J connectivity index is 1.59. The number of aliphatic imine (C=N–C) groups is 1. The lowest BCUT2D eigenvalue weighted by Crippen LogP contribution is -2.37. The molecule has 1 fully saturated rings. The summed E-state index contributed by atoms with van der Waals surface area (Å²) in [5, 5.41) is 4.45. The predicted octanol–water partition coefficient (Wildman–Crippen LogP) is 2.68. The molecule has 0 saturated heterocycles. The lowest BCUT2D eigenvalue weighted by atomic mass is 9.85. The van der Waals surface area contributed by atoms with E-state index in [4.69, 9.17) is 5.73 Å². The van der Waals surface area contributed by atoms with Crippen molar-refractivity contribution >= 4 is 16.9 Å². The highest BCUT2D eigenvalue weighted by atomic mass is 15.1. The van der Waals surface area contributed by atoms with Crippen molar-refractivity contribution in [3.8, 4) is 0 Å². The van der Waals surface area contributed by atoms with Crippen LogP contribution in [0, 0.1) is 12.8 Å². The van der Waals surface area contributed by atoms with Crippen molar-refractivity contribution in [3.05, 3.63) is 35.5 Å². The molecular weight excluding hydrogens is 248 g/mol. The first kappa shape index (κ1) is 13.0. The van der Waals surface area contributed by atoms with Crippen molar-refractivity contribution in [1.29, 1.82) is 0 Å². The number of fused-ring (bicyclic) bond motifs is 1. The van der Waals surface area contributed by atoms with E-state index < -0.39 is 0 Å². The SMILES string of the molecule is Cc1cc2cc(CN=C(N)NCC3CCC3)ccc2[nH]1. The van der Waals surface area contributed by atoms with E-state index in [9.17, 15) is 0 Å². The summed E-state index contributed by atoms with van der Waals surface area (Å²) in [6.07, 6.45) is 4.01. The van der Waals surface area contributed by atoms with Gasteiger partial charge in [0.25, 0.3) is 0 Å². The first-order valence-electron chi connectivity index (χ1n) is 7.33. The molecule has 0 aliphatic heterocycles. The summed E-state index contributed by atoms with van der Waals surface area (Å²) < 4.78 is 0. The van der Waals surface area contributed by atoms with E-state index in [1.807, 2.05) is 0 Å². The number of rotatable bonds is 4. The first-order chi connectivity index (χ1) is 9.70. The Morgan fingerprint density at radius 2 is 2.25 bits per heavy atom. The molecule has 0 bridgehead atoms. The lowest BCUT2D eigenvalue weighted by Gasteiger charge is -2.25. The standard InChI is InChI=1S/C16H22N4/c1-11-7-14-8-13(5-6-15(14)20-11)10-19-16(17)18-9-12-3-2-4-12/h5-8,12,20H,2-4,9-10H2,1H3,(H3,17,18,19). The first-order valence-corrected chi connectivity index (χ1v) is 7.33. The Bertz CT molecular complexity index is 622. The fourth-order valence-electron chi connectivity index (χ4n) is 2.60. The highest BCUT2D eigenvalue weighted by Crippen LogP contribution is 2.25. The van der Waals surface area contributed by atoms with Gasteiger partial charge in [-0.25, -0.2) is 4.99 Å². The molecule has 1 aliphatic rings. The van der Waals surface area contributed by atoms with Crippen molar-refractivity contribution in [2.45, 2.75) is 32.7 Å². The number of guanidine groups is 1. The van der Waals surface area contributed by atoms with Gasteiger partial charge in [-0.3, -0.25) is 0 Å². The molecule has 0 unspecified atom stereocenters. The van der Waals surface area contributed by atoms with Crippen LogP contribution in [-0.2, 0) is 6.54 Å². The molecular formula is C16H22N4. The Labute approximate surface area is 119 Å². The fraction of sp³-hybridized carbons (Fsp3) is 0.438. The number of benzene rings is 1. The number of H-pyrrole nitrogens is 1. The maximum atomic E-state index is 5.90. The molecule has 0 amide bonds. The maximum Gasteiger partial charge on any atom is 0.188 e. The maximum absolute atomic E-state index is 5.90. The molecule has 2 aromatic rings. The van der Waals surface area contributed by atoms with E-state index in [1.54, 1.807) is 0 Å². The second kappa shape index (κ2) is 5.57. The minimum Gasteiger partial charge on any atom is -0.370 e. The van der Waals surface area contributed by atoms with Crippen molar-refractivity contribution in [1.82, 2.24) is 10.3 Å². The number of nitrogens with two attached hydrogens (primary N) is 1. The molecule has 4 nitrogen and oxygen atoms in total. The topological polar surface area (TPSA) is 66.2 Å². The number of nitrogens with one attached hydrogen (secondary N) is 2. The fourth-order valence-corrected chi connectivity index (χ4v) is 2.60. The molecule has 106 valence electrons. The van der Waals surface area contributed by atoms with Crippen molar-refractivity contribution in [3.63, 3.8) is 0 Å². The van der Waals surface area contributed by atoms with E-state index in [1.165, 1.54) is 41.4 Å². The van der Waals surface area contributed by atoms with E-state index in [0.717, 1.165) is 12.5 Å². The molecule has 1 heterocycles. The van der Waals surface area contributed by atoms with Crippen LogP contribution < -0.4 is 11.1 Å². The van der Waals surface area contributed by atoms with Crippen molar-refractivity contribution in [2.75, 3.05) is 6.54 Å². The third-order valence-electron chi connectivity index (χ3n) is 4.05. The van der Waals surface area contributed by atoms with Gasteiger partial charge in [0.1, 0.15) is 0 Å². The van der Waals surface area contributed by atoms with Crippen LogP contribution in [-0.4, -0.2) is 17.5 Å². The van der Waals surface area contributed by atoms with Crippen molar-refractivity contribution in [2.24, 2.45) is 16.6 Å². The average molecular weight is 270 g/mol. The monoisotopic (exact) mass is 270 g/mol. The molecule has 4 heteroatoms. The van der Waals surface area contributed by atoms with Gasteiger partial charge in [0, 0.05) is 17.8 Å². The van der Waals surface area contributed by atoms with Crippen LogP contribution in [0.1, 0.15) is 30.5 Å². The average Bonchev–Trinajstić information content (AvgIpc) is 2.73. The van der Waals surface area contributed by atoms with Gasteiger partial charge in [0.2, 0.25) is 0 Å². The Morgan fingerprint density at radius 3 is 3.00 bits per heavy atom. The van der Waals surface area contributed by atoms with Crippen LogP contribution in [0.15, 0.2) is 29.3 Å². The number of nitrogens with zero attached hydrogens (tertiary/aromatic N) is 1. The summed E-state index contributed by atoms with van der Waals surface area (Å²) in [5.41, 5.74) is 9.44. The number of aromatic amines is 1. The Hall–Kier alpha value is -1.97. The van der Waals surface area contributed by atoms with Crippen LogP contribution in [0.2, 0.25) is 0 Å². The molecule has 1 aromatic heterocycles. The molecule has 0 atom stereocenters. The van der Waals surface area contributed by atoms with Gasteiger partial charge in [-0.15, -0.1) is 0 Å². The van der Waals surface area contributed by atoms with E-state index in [0.29, 0.717) is 12.5 Å². The molecule has 1 aliphatic carbocycles. The number of aromatic nitrogens is 1. The number of aryl methyl sites for hydroxylation is 1. The van der Waals surface area contributed by atoms with Crippen LogP contribution in [0.5, 0.6) is 0 Å². The molecule has 20 heavy (non-hydrogen) atoms. The second-order valence-electron chi connectivity index (χ2n) is 5.75. The smallest absolute Gasteiger partial charge is 0.188 e. The van der Waals surface area contributed by atoms with Crippen LogP contribution in [0.3, 0.4) is 0 Å². The van der Waals surface area contributed by atoms with Gasteiger partial charge >= 0.3 is 0 Å². The van der Waals surface area contributed by atoms with Crippen LogP contribution in [0.4, 0.5) is 0 Å². The van der Waals surface area contributed by atoms with Gasteiger partial charge in [0.15, 0.2) is 5.96 Å². The molecule has 0 radical (unpaired) electrons. The zero-order chi connectivity index (χ0) is 13.9. The molecule has 1 aromatic carbocycles. The minimum atomic E-state index is 0.558. The lowest BCUT2D eigenvalue weighted by molar-refractivity contribution is 0.315. The van der Waals surface area contributed by atoms with Gasteiger partial charge in [0.05, 0.1) is 6.54 Å². The van der Waals surface area contributed by atoms with E-state index >= 15 is 0 Å². The van der Waals surface area contributed by atoms with Crippen LogP contribution in [0.25, 0.3) is 10.9 Å². The summed E-state index contributed by atoms with van der Waals surface area (Å²) in [5.74, 6) is 1.35. The summed E-state index contributed by atoms with van der Waals surface area (Å²) in [7, 11) is 0. The van der Waals surface area contributed by atoms with Gasteiger partial charge < -0.3 is 16.0 Å². The van der Waals surface area contributed by atoms with Crippen molar-refractivity contribution < 1.29 is 0 Å². The largest absolute Gasteiger partial charge is 0.370 e. The number of hydrogen-bond acceptors (Lipinski definition) is 1. The third kappa shape index (κ3) is 2.95. The predicted molar refractivity (Wildman–Crippen MR) is 83.7 cm³/mol. The van der Waals surface area contributed by atoms with Gasteiger partial charge in [-0.05, 0) is 54.8 Å². The van der Waals surface area contributed by atoms with E-state index in [2.05, 4.69) is 46.5 Å². The van der Waals surface area contributed by atoms with Crippen LogP contribution >= 0.6 is 0 Å². The highest BCUT2D eigenvalue weighted by Gasteiger charge is 2.16. The van der Waals surface area contributed by atoms with Gasteiger partial charge in [-0.1, -0.05) is 12.5 Å². The zero-order valence-electron chi connectivity index (χ0n) is 11.9. The molecule has 0 spiro atoms. The summed E-state index contributed by atoms with van der Waals surface area (Å²) in [6, 6.07) is 8.52. The minimum absolute atomic E-state index is 0.558. The quantitative estimate of drug-likeness (QED) is 0.590. The molecule has 4 N–H and O–H groups in total. The summed E-state index contributed by atoms with van der Waals surface area (Å²) >= 11 is 0. The zero-order valence-corrected chi connectivity index (χ0v) is 11.9. The Morgan fingerprint density at radius 1 is 1.40 bits per heavy atom. The molecule has 3 rings (SSSR count). The highest BCUT2D eigenvalue weighted by molar-refractivity contribution is 5.81. The molecule has 1 saturated carbocycles. The number of hydrogen-bond donors (Lipinski definition) is 3. The summed E-state index contributed by atoms with van der Waals surface area (Å²) in [6.45, 7) is 3.66. The normalized spacial score (nSPS) is 16.4. The second-order valence-corrected chi connectivity index (χ2v) is 5.75. The Kier molecular flexibility index (Phi) is 3.63. The summed E-state index contributed by atoms with van der Waals surface area (Å²) in [4.78, 5) is 7.73.